The summed E-state index contributed by atoms with van der Waals surface area (Å²) in [5, 5.41) is 0. The summed E-state index contributed by atoms with van der Waals surface area (Å²) in [6, 6.07) is 9.07. The summed E-state index contributed by atoms with van der Waals surface area (Å²) in [4.78, 5) is 15.1. The van der Waals surface area contributed by atoms with Gasteiger partial charge in [0.05, 0.1) is 19.9 Å². The van der Waals surface area contributed by atoms with Crippen molar-refractivity contribution >= 4 is 17.5 Å². The lowest BCUT2D eigenvalue weighted by atomic mass is 9.98. The van der Waals surface area contributed by atoms with Crippen molar-refractivity contribution in [2.45, 2.75) is 13.3 Å². The van der Waals surface area contributed by atoms with Crippen LogP contribution in [0.15, 0.2) is 35.9 Å². The molecule has 0 bridgehead atoms. The number of carbonyl (C=O) groups excluding carboxylic acids is 1. The Morgan fingerprint density at radius 1 is 1.07 bits per heavy atom. The first-order valence-corrected chi connectivity index (χ1v) is 9.06. The first-order chi connectivity index (χ1) is 13.5. The zero-order valence-corrected chi connectivity index (χ0v) is 16.9. The topological polar surface area (TPSA) is 57.2 Å². The third-order valence-electron chi connectivity index (χ3n) is 4.65. The zero-order chi connectivity index (χ0) is 20.3. The van der Waals surface area contributed by atoms with E-state index in [9.17, 15) is 4.79 Å². The molecular formula is C22H25NO5. The molecule has 0 N–H and O–H groups in total. The molecule has 2 aromatic carbocycles. The van der Waals surface area contributed by atoms with E-state index in [0.29, 0.717) is 34.8 Å². The minimum absolute atomic E-state index is 0.0343. The zero-order valence-electron chi connectivity index (χ0n) is 16.9. The normalized spacial score (nSPS) is 12.7. The van der Waals surface area contributed by atoms with E-state index in [-0.39, 0.29) is 12.6 Å². The highest BCUT2D eigenvalue weighted by atomic mass is 16.7. The summed E-state index contributed by atoms with van der Waals surface area (Å²) in [5.41, 5.74) is 2.91. The number of carbonyl (C=O) groups is 1. The molecule has 2 aromatic rings. The summed E-state index contributed by atoms with van der Waals surface area (Å²) in [6.45, 7) is 2.14. The maximum absolute atomic E-state index is 13.2. The van der Waals surface area contributed by atoms with Crippen molar-refractivity contribution in [2.75, 3.05) is 40.0 Å². The molecule has 0 saturated heterocycles. The van der Waals surface area contributed by atoms with Gasteiger partial charge >= 0.3 is 0 Å². The van der Waals surface area contributed by atoms with Crippen LogP contribution in [0.2, 0.25) is 0 Å². The van der Waals surface area contributed by atoms with Gasteiger partial charge < -0.3 is 23.8 Å². The summed E-state index contributed by atoms with van der Waals surface area (Å²) in [7, 11) is 7.04. The predicted octanol–water partition coefficient (Wildman–Crippen LogP) is 4.17. The molecule has 0 fully saturated rings. The lowest BCUT2D eigenvalue weighted by Gasteiger charge is -2.17. The van der Waals surface area contributed by atoms with Crippen LogP contribution in [-0.4, -0.2) is 40.9 Å². The number of ketones is 1. The molecule has 148 valence electrons. The van der Waals surface area contributed by atoms with Gasteiger partial charge in [0, 0.05) is 36.9 Å². The molecule has 6 heteroatoms. The van der Waals surface area contributed by atoms with Crippen LogP contribution < -0.4 is 23.8 Å². The second-order valence-corrected chi connectivity index (χ2v) is 6.58. The van der Waals surface area contributed by atoms with E-state index in [1.165, 1.54) is 0 Å². The number of nitrogens with zero attached hydrogens (tertiary/aromatic N) is 1. The van der Waals surface area contributed by atoms with Crippen LogP contribution in [0.4, 0.5) is 5.69 Å². The van der Waals surface area contributed by atoms with Gasteiger partial charge in [0.2, 0.25) is 6.79 Å². The molecule has 0 amide bonds. The number of anilines is 1. The molecule has 28 heavy (non-hydrogen) atoms. The number of ether oxygens (including phenoxy) is 4. The molecule has 1 aliphatic rings. The van der Waals surface area contributed by atoms with Crippen LogP contribution in [0.5, 0.6) is 23.0 Å². The largest absolute Gasteiger partial charge is 0.496 e. The van der Waals surface area contributed by atoms with Gasteiger partial charge in [-0.25, -0.2) is 0 Å². The standard InChI is InChI=1S/C22H25NO5/c1-6-14(9-16-11-20-21(28-13-27-20)12-19(16)26-5)22(24)15-7-8-18(25-4)17(10-15)23(2)3/h7-12H,6,13H2,1-5H3/b14-9+. The number of hydrogen-bond acceptors (Lipinski definition) is 6. The molecule has 0 radical (unpaired) electrons. The van der Waals surface area contributed by atoms with Crippen LogP contribution >= 0.6 is 0 Å². The van der Waals surface area contributed by atoms with Gasteiger partial charge in [-0.15, -0.1) is 0 Å². The maximum atomic E-state index is 13.2. The van der Waals surface area contributed by atoms with Gasteiger partial charge in [-0.05, 0) is 36.8 Å². The summed E-state index contributed by atoms with van der Waals surface area (Å²) >= 11 is 0. The van der Waals surface area contributed by atoms with Crippen LogP contribution in [0.25, 0.3) is 6.08 Å². The van der Waals surface area contributed by atoms with Crippen molar-refractivity contribution in [3.8, 4) is 23.0 Å². The smallest absolute Gasteiger partial charge is 0.231 e. The van der Waals surface area contributed by atoms with Crippen LogP contribution in [-0.2, 0) is 0 Å². The highest BCUT2D eigenvalue weighted by Gasteiger charge is 2.19. The Bertz CT molecular complexity index is 917. The van der Waals surface area contributed by atoms with Gasteiger partial charge in [-0.3, -0.25) is 4.79 Å². The van der Waals surface area contributed by atoms with Crippen molar-refractivity contribution < 1.29 is 23.7 Å². The Morgan fingerprint density at radius 2 is 1.75 bits per heavy atom. The SMILES string of the molecule is CC/C(=C\c1cc2c(cc1OC)OCO2)C(=O)c1ccc(OC)c(N(C)C)c1. The minimum Gasteiger partial charge on any atom is -0.496 e. The Balaban J connectivity index is 2.00. The third-order valence-corrected chi connectivity index (χ3v) is 4.65. The van der Waals surface area contributed by atoms with Crippen molar-refractivity contribution in [2.24, 2.45) is 0 Å². The Morgan fingerprint density at radius 3 is 2.36 bits per heavy atom. The van der Waals surface area contributed by atoms with Crippen molar-refractivity contribution in [3.05, 3.63) is 47.0 Å². The number of benzene rings is 2. The summed E-state index contributed by atoms with van der Waals surface area (Å²) in [5.74, 6) is 2.61. The number of hydrogen-bond donors (Lipinski definition) is 0. The first-order valence-electron chi connectivity index (χ1n) is 9.06. The lowest BCUT2D eigenvalue weighted by molar-refractivity contribution is 0.103. The van der Waals surface area contributed by atoms with Crippen molar-refractivity contribution in [3.63, 3.8) is 0 Å². The van der Waals surface area contributed by atoms with Crippen LogP contribution in [0, 0.1) is 0 Å². The molecule has 0 atom stereocenters. The van der Waals surface area contributed by atoms with E-state index in [0.717, 1.165) is 17.0 Å². The van der Waals surface area contributed by atoms with Crippen LogP contribution in [0.1, 0.15) is 29.3 Å². The second-order valence-electron chi connectivity index (χ2n) is 6.58. The molecule has 1 heterocycles. The molecule has 0 aliphatic carbocycles. The maximum Gasteiger partial charge on any atom is 0.231 e. The fourth-order valence-electron chi connectivity index (χ4n) is 3.11. The van der Waals surface area contributed by atoms with E-state index in [2.05, 4.69) is 0 Å². The van der Waals surface area contributed by atoms with Gasteiger partial charge in [0.1, 0.15) is 11.5 Å². The van der Waals surface area contributed by atoms with E-state index in [4.69, 9.17) is 18.9 Å². The highest BCUT2D eigenvalue weighted by Crippen LogP contribution is 2.39. The number of Topliss-reactive ketones (excluding diaryl/α,β-unsaturated/α-hetero) is 1. The Labute approximate surface area is 165 Å². The molecule has 1 aliphatic heterocycles. The molecular weight excluding hydrogens is 358 g/mol. The van der Waals surface area contributed by atoms with Crippen LogP contribution in [0.3, 0.4) is 0 Å². The molecule has 0 spiro atoms. The summed E-state index contributed by atoms with van der Waals surface area (Å²) < 4.78 is 21.7. The summed E-state index contributed by atoms with van der Waals surface area (Å²) in [6.07, 6.45) is 2.43. The monoisotopic (exact) mass is 383 g/mol. The van der Waals surface area contributed by atoms with E-state index >= 15 is 0 Å². The van der Waals surface area contributed by atoms with Gasteiger partial charge in [0.25, 0.3) is 0 Å². The molecule has 0 saturated carbocycles. The minimum atomic E-state index is -0.0343. The molecule has 6 nitrogen and oxygen atoms in total. The van der Waals surface area contributed by atoms with Gasteiger partial charge in [-0.2, -0.15) is 0 Å². The van der Waals surface area contributed by atoms with E-state index < -0.39 is 0 Å². The lowest BCUT2D eigenvalue weighted by Crippen LogP contribution is -2.12. The average molecular weight is 383 g/mol. The van der Waals surface area contributed by atoms with Gasteiger partial charge in [0.15, 0.2) is 17.3 Å². The van der Waals surface area contributed by atoms with Crippen molar-refractivity contribution in [1.29, 1.82) is 0 Å². The fourth-order valence-corrected chi connectivity index (χ4v) is 3.11. The number of methoxy groups -OCH3 is 2. The Kier molecular flexibility index (Phi) is 5.78. The third kappa shape index (κ3) is 3.76. The number of rotatable bonds is 7. The predicted molar refractivity (Wildman–Crippen MR) is 109 cm³/mol. The molecule has 0 unspecified atom stereocenters. The van der Waals surface area contributed by atoms with Gasteiger partial charge in [-0.1, -0.05) is 6.92 Å². The average Bonchev–Trinajstić information content (AvgIpc) is 3.17. The van der Waals surface area contributed by atoms with E-state index in [1.807, 2.05) is 50.2 Å². The second kappa shape index (κ2) is 8.25. The Hall–Kier alpha value is -3.15. The van der Waals surface area contributed by atoms with E-state index in [1.54, 1.807) is 26.4 Å². The molecule has 3 rings (SSSR count). The highest BCUT2D eigenvalue weighted by molar-refractivity contribution is 6.12. The quantitative estimate of drug-likeness (QED) is 0.528. The van der Waals surface area contributed by atoms with Crippen molar-refractivity contribution in [1.82, 2.24) is 0 Å². The fraction of sp³-hybridized carbons (Fsp3) is 0.318. The number of fused-ring (bicyclic) bond motifs is 1. The number of allylic oxidation sites excluding steroid dienone is 1. The first kappa shape index (κ1) is 19.6. The molecule has 0 aromatic heterocycles.